The van der Waals surface area contributed by atoms with Crippen LogP contribution >= 0.6 is 0 Å². The lowest BCUT2D eigenvalue weighted by atomic mass is 9.93. The van der Waals surface area contributed by atoms with Gasteiger partial charge >= 0.3 is 0 Å². The zero-order valence-corrected chi connectivity index (χ0v) is 12.3. The Balaban J connectivity index is 1.64. The second kappa shape index (κ2) is 5.48. The second-order valence-corrected chi connectivity index (χ2v) is 6.18. The number of likely N-dealkylation sites (N-methyl/N-ethyl adjacent to an activating group) is 1. The van der Waals surface area contributed by atoms with Gasteiger partial charge in [0.05, 0.1) is 6.10 Å². The Bertz CT molecular complexity index is 460. The van der Waals surface area contributed by atoms with Gasteiger partial charge in [-0.3, -0.25) is 0 Å². The van der Waals surface area contributed by atoms with E-state index in [2.05, 4.69) is 41.9 Å². The molecule has 5 nitrogen and oxygen atoms in total. The molecule has 1 atom stereocenters. The summed E-state index contributed by atoms with van der Waals surface area (Å²) in [6.07, 6.45) is 9.06. The van der Waals surface area contributed by atoms with Crippen LogP contribution in [0.5, 0.6) is 0 Å². The predicted octanol–water partition coefficient (Wildman–Crippen LogP) is 1.29. The minimum Gasteiger partial charge on any atom is -0.393 e. The predicted molar refractivity (Wildman–Crippen MR) is 80.0 cm³/mol. The van der Waals surface area contributed by atoms with Gasteiger partial charge in [0.15, 0.2) is 5.96 Å². The Labute approximate surface area is 120 Å². The summed E-state index contributed by atoms with van der Waals surface area (Å²) in [5.41, 5.74) is 2.68. The van der Waals surface area contributed by atoms with Crippen LogP contribution in [0.2, 0.25) is 0 Å². The van der Waals surface area contributed by atoms with E-state index in [1.165, 1.54) is 11.1 Å². The first kappa shape index (κ1) is 13.5. The molecule has 0 bridgehead atoms. The molecule has 3 N–H and O–H groups in total. The molecule has 0 radical (unpaired) electrons. The molecule has 1 saturated carbocycles. The van der Waals surface area contributed by atoms with E-state index in [1.807, 2.05) is 0 Å². The number of nitrogens with one attached hydrogen (secondary N) is 2. The average molecular weight is 276 g/mol. The lowest BCUT2D eigenvalue weighted by Crippen LogP contribution is -2.48. The third kappa shape index (κ3) is 2.82. The number of allylic oxidation sites excluding steroid dienone is 1. The summed E-state index contributed by atoms with van der Waals surface area (Å²) in [5, 5.41) is 16.3. The molecule has 0 amide bonds. The second-order valence-electron chi connectivity index (χ2n) is 6.18. The van der Waals surface area contributed by atoms with E-state index < -0.39 is 0 Å². The molecule has 5 heteroatoms. The van der Waals surface area contributed by atoms with Gasteiger partial charge in [0.1, 0.15) is 6.17 Å². The smallest absolute Gasteiger partial charge is 0.197 e. The van der Waals surface area contributed by atoms with Crippen LogP contribution in [0.1, 0.15) is 39.0 Å². The summed E-state index contributed by atoms with van der Waals surface area (Å²) in [6.45, 7) is 2.15. The van der Waals surface area contributed by atoms with Crippen molar-refractivity contribution in [3.63, 3.8) is 0 Å². The van der Waals surface area contributed by atoms with E-state index in [0.717, 1.165) is 38.1 Å². The Kier molecular flexibility index (Phi) is 3.70. The Morgan fingerprint density at radius 3 is 2.85 bits per heavy atom. The number of hydrogen-bond acceptors (Lipinski definition) is 5. The first-order valence-corrected chi connectivity index (χ1v) is 7.49. The first-order valence-electron chi connectivity index (χ1n) is 7.49. The number of guanidine groups is 1. The molecule has 3 aliphatic rings. The first-order chi connectivity index (χ1) is 9.61. The van der Waals surface area contributed by atoms with Gasteiger partial charge in [-0.15, -0.1) is 0 Å². The van der Waals surface area contributed by atoms with Crippen LogP contribution in [0.25, 0.3) is 0 Å². The van der Waals surface area contributed by atoms with Crippen LogP contribution in [-0.2, 0) is 0 Å². The molecule has 2 aliphatic heterocycles. The van der Waals surface area contributed by atoms with E-state index in [9.17, 15) is 5.11 Å². The van der Waals surface area contributed by atoms with Gasteiger partial charge in [-0.1, -0.05) is 5.57 Å². The van der Waals surface area contributed by atoms with Crippen molar-refractivity contribution >= 4 is 5.96 Å². The Morgan fingerprint density at radius 1 is 1.35 bits per heavy atom. The number of nitrogens with zero attached hydrogens (tertiary/aromatic N) is 2. The van der Waals surface area contributed by atoms with E-state index in [0.29, 0.717) is 6.04 Å². The number of aliphatic hydroxyl groups is 1. The van der Waals surface area contributed by atoms with Crippen molar-refractivity contribution < 1.29 is 5.11 Å². The van der Waals surface area contributed by atoms with Gasteiger partial charge in [0, 0.05) is 25.5 Å². The fourth-order valence-electron chi connectivity index (χ4n) is 3.25. The zero-order chi connectivity index (χ0) is 14.1. The quantitative estimate of drug-likeness (QED) is 0.675. The van der Waals surface area contributed by atoms with Crippen LogP contribution < -0.4 is 10.6 Å². The fourth-order valence-corrected chi connectivity index (χ4v) is 3.25. The molecule has 1 fully saturated rings. The van der Waals surface area contributed by atoms with E-state index in [1.54, 1.807) is 0 Å². The highest BCUT2D eigenvalue weighted by molar-refractivity contribution is 5.82. The zero-order valence-electron chi connectivity index (χ0n) is 12.3. The summed E-state index contributed by atoms with van der Waals surface area (Å²) in [5.74, 6) is 0.861. The molecule has 20 heavy (non-hydrogen) atoms. The van der Waals surface area contributed by atoms with E-state index in [4.69, 9.17) is 4.99 Å². The summed E-state index contributed by atoms with van der Waals surface area (Å²) in [7, 11) is 2.07. The van der Waals surface area contributed by atoms with Crippen LogP contribution in [0.3, 0.4) is 0 Å². The standard InChI is InChI=1S/C15H24N4O/c1-10-7-11-8-16-15(18-14(11)19(2)9-10)17-12-3-5-13(20)6-4-12/h8-9,12-14,20H,3-7H2,1-2H3,(H2,16,17,18). The summed E-state index contributed by atoms with van der Waals surface area (Å²) < 4.78 is 0. The summed E-state index contributed by atoms with van der Waals surface area (Å²) >= 11 is 0. The molecule has 0 spiro atoms. The molecule has 1 aliphatic carbocycles. The molecule has 110 valence electrons. The number of rotatable bonds is 1. The highest BCUT2D eigenvalue weighted by Gasteiger charge is 2.26. The van der Waals surface area contributed by atoms with Gasteiger partial charge < -0.3 is 20.6 Å². The van der Waals surface area contributed by atoms with Crippen LogP contribution in [0, 0.1) is 0 Å². The third-order valence-electron chi connectivity index (χ3n) is 4.31. The normalized spacial score (nSPS) is 33.5. The molecule has 1 unspecified atom stereocenters. The van der Waals surface area contributed by atoms with Crippen molar-refractivity contribution in [3.05, 3.63) is 23.5 Å². The van der Waals surface area contributed by atoms with Crippen LogP contribution in [-0.4, -0.2) is 41.3 Å². The van der Waals surface area contributed by atoms with Gasteiger partial charge in [-0.25, -0.2) is 4.99 Å². The SMILES string of the molecule is CC1=CN(C)C2N=C(NC3CCC(O)CC3)NC=C2C1. The molecular weight excluding hydrogens is 252 g/mol. The third-order valence-corrected chi connectivity index (χ3v) is 4.31. The van der Waals surface area contributed by atoms with Gasteiger partial charge in [0.25, 0.3) is 0 Å². The lowest BCUT2D eigenvalue weighted by Gasteiger charge is -2.35. The highest BCUT2D eigenvalue weighted by atomic mass is 16.3. The van der Waals surface area contributed by atoms with Crippen molar-refractivity contribution in [2.24, 2.45) is 4.99 Å². The molecule has 0 aromatic heterocycles. The topological polar surface area (TPSA) is 59.9 Å². The maximum Gasteiger partial charge on any atom is 0.197 e. The minimum atomic E-state index is -0.113. The Hall–Kier alpha value is -1.49. The number of aliphatic hydroxyl groups excluding tert-OH is 1. The maximum absolute atomic E-state index is 9.55. The summed E-state index contributed by atoms with van der Waals surface area (Å²) in [4.78, 5) is 6.94. The van der Waals surface area contributed by atoms with Crippen molar-refractivity contribution in [2.45, 2.75) is 57.3 Å². The van der Waals surface area contributed by atoms with E-state index in [-0.39, 0.29) is 12.3 Å². The van der Waals surface area contributed by atoms with Crippen LogP contribution in [0.4, 0.5) is 0 Å². The maximum atomic E-state index is 9.55. The fraction of sp³-hybridized carbons (Fsp3) is 0.667. The highest BCUT2D eigenvalue weighted by Crippen LogP contribution is 2.26. The monoisotopic (exact) mass is 276 g/mol. The van der Waals surface area contributed by atoms with Crippen molar-refractivity contribution in [1.29, 1.82) is 0 Å². The largest absolute Gasteiger partial charge is 0.393 e. The molecule has 0 aromatic rings. The lowest BCUT2D eigenvalue weighted by molar-refractivity contribution is 0.120. The van der Waals surface area contributed by atoms with Crippen molar-refractivity contribution in [1.82, 2.24) is 15.5 Å². The van der Waals surface area contributed by atoms with Crippen molar-refractivity contribution in [2.75, 3.05) is 7.05 Å². The molecule has 0 saturated heterocycles. The molecule has 3 rings (SSSR count). The van der Waals surface area contributed by atoms with Gasteiger partial charge in [-0.2, -0.15) is 0 Å². The minimum absolute atomic E-state index is 0.113. The van der Waals surface area contributed by atoms with Gasteiger partial charge in [0.2, 0.25) is 0 Å². The molecule has 2 heterocycles. The van der Waals surface area contributed by atoms with Gasteiger partial charge in [-0.05, 0) is 44.6 Å². The molecule has 0 aromatic carbocycles. The summed E-state index contributed by atoms with van der Waals surface area (Å²) in [6, 6.07) is 0.422. The average Bonchev–Trinajstić information content (AvgIpc) is 2.42. The Morgan fingerprint density at radius 2 is 2.10 bits per heavy atom. The van der Waals surface area contributed by atoms with Crippen LogP contribution in [0.15, 0.2) is 28.5 Å². The van der Waals surface area contributed by atoms with Crippen molar-refractivity contribution in [3.8, 4) is 0 Å². The molecular formula is C15H24N4O. The number of hydrogen-bond donors (Lipinski definition) is 3. The van der Waals surface area contributed by atoms with E-state index >= 15 is 0 Å². The number of aliphatic imine (C=N–C) groups is 1. The number of fused-ring (bicyclic) bond motifs is 1.